The van der Waals surface area contributed by atoms with Gasteiger partial charge in [-0.1, -0.05) is 30.5 Å². The van der Waals surface area contributed by atoms with Gasteiger partial charge in [0.25, 0.3) is 0 Å². The van der Waals surface area contributed by atoms with E-state index in [0.717, 1.165) is 30.8 Å². The van der Waals surface area contributed by atoms with Gasteiger partial charge in [0.2, 0.25) is 5.89 Å². The predicted molar refractivity (Wildman–Crippen MR) is 112 cm³/mol. The van der Waals surface area contributed by atoms with Crippen molar-refractivity contribution in [1.29, 1.82) is 0 Å². The van der Waals surface area contributed by atoms with Gasteiger partial charge in [-0.3, -0.25) is 4.99 Å². The van der Waals surface area contributed by atoms with Gasteiger partial charge >= 0.3 is 0 Å². The van der Waals surface area contributed by atoms with Crippen LogP contribution in [0.2, 0.25) is 0 Å². The minimum absolute atomic E-state index is 0. The van der Waals surface area contributed by atoms with Crippen LogP contribution in [0.25, 0.3) is 11.5 Å². The molecule has 0 unspecified atom stereocenters. The molecule has 0 aliphatic carbocycles. The van der Waals surface area contributed by atoms with Crippen LogP contribution < -0.4 is 5.73 Å². The summed E-state index contributed by atoms with van der Waals surface area (Å²) < 4.78 is 5.58. The zero-order chi connectivity index (χ0) is 16.8. The number of hydrogen-bond acceptors (Lipinski definition) is 3. The largest absolute Gasteiger partial charge is 0.444 e. The van der Waals surface area contributed by atoms with Crippen molar-refractivity contribution >= 4 is 29.9 Å². The number of rotatable bonds is 4. The van der Waals surface area contributed by atoms with E-state index in [1.807, 2.05) is 12.1 Å². The number of nitrogens with zero attached hydrogens (tertiary/aromatic N) is 3. The molecule has 0 atom stereocenters. The lowest BCUT2D eigenvalue weighted by atomic mass is 10.1. The van der Waals surface area contributed by atoms with Gasteiger partial charge in [0.05, 0.1) is 5.69 Å². The Hall–Kier alpha value is -1.57. The zero-order valence-corrected chi connectivity index (χ0v) is 17.1. The summed E-state index contributed by atoms with van der Waals surface area (Å²) in [7, 11) is 0. The number of nitrogens with two attached hydrogens (primary N) is 1. The van der Waals surface area contributed by atoms with E-state index >= 15 is 0 Å². The maximum Gasteiger partial charge on any atom is 0.226 e. The smallest absolute Gasteiger partial charge is 0.226 e. The van der Waals surface area contributed by atoms with Crippen molar-refractivity contribution in [3.05, 3.63) is 41.8 Å². The van der Waals surface area contributed by atoms with Crippen molar-refractivity contribution in [1.82, 2.24) is 9.88 Å². The van der Waals surface area contributed by atoms with Gasteiger partial charge in [-0.05, 0) is 31.9 Å². The fourth-order valence-corrected chi connectivity index (χ4v) is 2.94. The standard InChI is InChI=1S/C19H26N4O.HI/c1-15-6-8-16(9-7-15)18-22-17(14-24-18)10-11-21-19(20)23-12-4-2-3-5-13-23;/h6-9,14H,2-5,10-13H2,1H3,(H2,20,21);1H. The molecule has 1 aliphatic heterocycles. The van der Waals surface area contributed by atoms with Crippen LogP contribution in [0.15, 0.2) is 39.9 Å². The van der Waals surface area contributed by atoms with Crippen molar-refractivity contribution in [2.45, 2.75) is 39.0 Å². The number of halogens is 1. The molecule has 2 aromatic rings. The molecule has 136 valence electrons. The average Bonchev–Trinajstić information content (AvgIpc) is 2.89. The predicted octanol–water partition coefficient (Wildman–Crippen LogP) is 4.00. The van der Waals surface area contributed by atoms with E-state index < -0.39 is 0 Å². The molecule has 1 saturated heterocycles. The Morgan fingerprint density at radius 1 is 1.16 bits per heavy atom. The fraction of sp³-hybridized carbons (Fsp3) is 0.474. The van der Waals surface area contributed by atoms with Crippen molar-refractivity contribution in [3.8, 4) is 11.5 Å². The molecule has 2 N–H and O–H groups in total. The third-order valence-corrected chi connectivity index (χ3v) is 4.42. The van der Waals surface area contributed by atoms with Crippen LogP contribution in [0.5, 0.6) is 0 Å². The Bertz CT molecular complexity index is 673. The second-order valence-electron chi connectivity index (χ2n) is 6.40. The zero-order valence-electron chi connectivity index (χ0n) is 14.8. The van der Waals surface area contributed by atoms with Gasteiger partial charge < -0.3 is 15.1 Å². The van der Waals surface area contributed by atoms with Crippen LogP contribution in [-0.2, 0) is 6.42 Å². The number of oxazole rings is 1. The second kappa shape index (κ2) is 9.79. The maximum atomic E-state index is 6.12. The molecular weight excluding hydrogens is 427 g/mol. The summed E-state index contributed by atoms with van der Waals surface area (Å²) in [6.45, 7) is 4.76. The molecule has 1 aromatic carbocycles. The highest BCUT2D eigenvalue weighted by Gasteiger charge is 2.11. The summed E-state index contributed by atoms with van der Waals surface area (Å²) in [5.41, 5.74) is 9.26. The number of aromatic nitrogens is 1. The summed E-state index contributed by atoms with van der Waals surface area (Å²) in [4.78, 5) is 11.3. The quantitative estimate of drug-likeness (QED) is 0.431. The van der Waals surface area contributed by atoms with E-state index in [4.69, 9.17) is 10.2 Å². The molecule has 0 bridgehead atoms. The lowest BCUT2D eigenvalue weighted by molar-refractivity contribution is 0.428. The van der Waals surface area contributed by atoms with Crippen LogP contribution in [0.3, 0.4) is 0 Å². The van der Waals surface area contributed by atoms with Crippen molar-refractivity contribution in [2.75, 3.05) is 19.6 Å². The number of aryl methyl sites for hydroxylation is 1. The van der Waals surface area contributed by atoms with Crippen LogP contribution in [-0.4, -0.2) is 35.5 Å². The minimum Gasteiger partial charge on any atom is -0.444 e. The van der Waals surface area contributed by atoms with Crippen LogP contribution in [0, 0.1) is 6.92 Å². The number of hydrogen-bond donors (Lipinski definition) is 1. The highest BCUT2D eigenvalue weighted by Crippen LogP contribution is 2.19. The molecule has 25 heavy (non-hydrogen) atoms. The van der Waals surface area contributed by atoms with Crippen molar-refractivity contribution in [2.24, 2.45) is 10.7 Å². The monoisotopic (exact) mass is 454 g/mol. The third-order valence-electron chi connectivity index (χ3n) is 4.42. The van der Waals surface area contributed by atoms with E-state index in [1.54, 1.807) is 6.26 Å². The lowest BCUT2D eigenvalue weighted by Gasteiger charge is -2.20. The molecule has 0 radical (unpaired) electrons. The summed E-state index contributed by atoms with van der Waals surface area (Å²) in [5, 5.41) is 0. The first-order valence-electron chi connectivity index (χ1n) is 8.79. The van der Waals surface area contributed by atoms with Crippen molar-refractivity contribution in [3.63, 3.8) is 0 Å². The van der Waals surface area contributed by atoms with E-state index in [1.165, 1.54) is 31.2 Å². The van der Waals surface area contributed by atoms with Gasteiger partial charge in [0.1, 0.15) is 6.26 Å². The molecule has 0 spiro atoms. The molecule has 1 aromatic heterocycles. The fourth-order valence-electron chi connectivity index (χ4n) is 2.94. The summed E-state index contributed by atoms with van der Waals surface area (Å²) in [5.74, 6) is 1.33. The van der Waals surface area contributed by atoms with Crippen molar-refractivity contribution < 1.29 is 4.42 Å². The molecule has 3 rings (SSSR count). The van der Waals surface area contributed by atoms with Gasteiger partial charge in [-0.2, -0.15) is 0 Å². The summed E-state index contributed by atoms with van der Waals surface area (Å²) in [6.07, 6.45) is 7.46. The van der Waals surface area contributed by atoms with E-state index in [-0.39, 0.29) is 24.0 Å². The summed E-state index contributed by atoms with van der Waals surface area (Å²) >= 11 is 0. The number of benzene rings is 1. The molecule has 6 heteroatoms. The SMILES string of the molecule is Cc1ccc(-c2nc(CCN=C(N)N3CCCCCC3)co2)cc1.I. The third kappa shape index (κ3) is 5.73. The first-order chi connectivity index (χ1) is 11.7. The normalized spacial score (nSPS) is 15.6. The van der Waals surface area contributed by atoms with Gasteiger partial charge in [0, 0.05) is 31.6 Å². The van der Waals surface area contributed by atoms with Crippen LogP contribution >= 0.6 is 24.0 Å². The van der Waals surface area contributed by atoms with Gasteiger partial charge in [-0.15, -0.1) is 24.0 Å². The molecule has 0 saturated carbocycles. The van der Waals surface area contributed by atoms with Crippen LogP contribution in [0.4, 0.5) is 0 Å². The molecule has 0 amide bonds. The molecule has 1 fully saturated rings. The highest BCUT2D eigenvalue weighted by molar-refractivity contribution is 14.0. The molecule has 1 aliphatic rings. The number of guanidine groups is 1. The summed E-state index contributed by atoms with van der Waals surface area (Å²) in [6, 6.07) is 8.18. The number of likely N-dealkylation sites (tertiary alicyclic amines) is 1. The topological polar surface area (TPSA) is 67.7 Å². The van der Waals surface area contributed by atoms with E-state index in [0.29, 0.717) is 18.4 Å². The average molecular weight is 454 g/mol. The minimum atomic E-state index is 0. The Morgan fingerprint density at radius 3 is 2.52 bits per heavy atom. The number of aliphatic imine (C=N–C) groups is 1. The lowest BCUT2D eigenvalue weighted by Crippen LogP contribution is -2.38. The Labute approximate surface area is 166 Å². The first kappa shape index (κ1) is 19.8. The molecule has 2 heterocycles. The second-order valence-corrected chi connectivity index (χ2v) is 6.40. The van der Waals surface area contributed by atoms with Crippen LogP contribution in [0.1, 0.15) is 36.9 Å². The highest BCUT2D eigenvalue weighted by atomic mass is 127. The Morgan fingerprint density at radius 2 is 1.84 bits per heavy atom. The molecule has 5 nitrogen and oxygen atoms in total. The molecular formula is C19H27IN4O. The maximum absolute atomic E-state index is 6.12. The first-order valence-corrected chi connectivity index (χ1v) is 8.79. The van der Waals surface area contributed by atoms with E-state index in [9.17, 15) is 0 Å². The van der Waals surface area contributed by atoms with E-state index in [2.05, 4.69) is 33.9 Å². The van der Waals surface area contributed by atoms with Gasteiger partial charge in [0.15, 0.2) is 5.96 Å². The van der Waals surface area contributed by atoms with Gasteiger partial charge in [-0.25, -0.2) is 4.98 Å². The Kier molecular flexibility index (Phi) is 7.74. The Balaban J connectivity index is 0.00000225.